The number of alkyl halides is 3. The Morgan fingerprint density at radius 3 is 2.26 bits per heavy atom. The number of halogens is 3. The minimum atomic E-state index is -4.39. The largest absolute Gasteiger partial charge is 0.489 e. The van der Waals surface area contributed by atoms with Gasteiger partial charge in [0, 0.05) is 17.7 Å². The van der Waals surface area contributed by atoms with Crippen molar-refractivity contribution in [3.63, 3.8) is 0 Å². The van der Waals surface area contributed by atoms with Crippen molar-refractivity contribution in [3.05, 3.63) is 77.0 Å². The van der Waals surface area contributed by atoms with Gasteiger partial charge in [0.2, 0.25) is 0 Å². The van der Waals surface area contributed by atoms with Crippen molar-refractivity contribution in [1.82, 2.24) is 9.88 Å². The number of benzene rings is 2. The maximum Gasteiger partial charge on any atom is 0.416 e. The maximum absolute atomic E-state index is 12.9. The van der Waals surface area contributed by atoms with E-state index in [0.717, 1.165) is 29.0 Å². The van der Waals surface area contributed by atoms with E-state index in [2.05, 4.69) is 0 Å². The number of aromatic nitrogens is 1. The summed E-state index contributed by atoms with van der Waals surface area (Å²) in [5.41, 5.74) is 1.77. The van der Waals surface area contributed by atoms with E-state index in [1.807, 2.05) is 38.1 Å². The molecule has 0 aliphatic rings. The Kier molecular flexibility index (Phi) is 9.04. The Balaban J connectivity index is 1.76. The van der Waals surface area contributed by atoms with Crippen molar-refractivity contribution in [1.29, 1.82) is 0 Å². The van der Waals surface area contributed by atoms with Gasteiger partial charge in [-0.1, -0.05) is 18.2 Å². The van der Waals surface area contributed by atoms with E-state index in [4.69, 9.17) is 19.2 Å². The molecule has 0 radical (unpaired) electrons. The van der Waals surface area contributed by atoms with Crippen molar-refractivity contribution in [2.24, 2.45) is 0 Å². The monoisotopic (exact) mass is 530 g/mol. The van der Waals surface area contributed by atoms with Crippen molar-refractivity contribution in [2.45, 2.75) is 52.6 Å². The predicted octanol–water partition coefficient (Wildman–Crippen LogP) is 6.44. The first-order valence-electron chi connectivity index (χ1n) is 12.2. The number of carbonyl (C=O) groups excluding carboxylic acids is 1. The van der Waals surface area contributed by atoms with Crippen LogP contribution in [0.25, 0.3) is 11.3 Å². The molecule has 0 N–H and O–H groups in total. The smallest absolute Gasteiger partial charge is 0.416 e. The highest BCUT2D eigenvalue weighted by Gasteiger charge is 2.32. The van der Waals surface area contributed by atoms with Crippen molar-refractivity contribution >= 4 is 5.97 Å². The quantitative estimate of drug-likeness (QED) is 0.281. The molecule has 0 aliphatic heterocycles. The second-order valence-corrected chi connectivity index (χ2v) is 9.66. The first-order chi connectivity index (χ1) is 17.8. The summed E-state index contributed by atoms with van der Waals surface area (Å²) in [7, 11) is 3.83. The third-order valence-corrected chi connectivity index (χ3v) is 5.72. The van der Waals surface area contributed by atoms with Crippen LogP contribution in [0.4, 0.5) is 13.2 Å². The molecule has 1 aromatic heterocycles. The highest BCUT2D eigenvalue weighted by atomic mass is 19.4. The molecule has 0 saturated heterocycles. The summed E-state index contributed by atoms with van der Waals surface area (Å²) in [5, 5.41) is 0. The van der Waals surface area contributed by atoms with Crippen LogP contribution in [-0.2, 0) is 28.9 Å². The van der Waals surface area contributed by atoms with Crippen LogP contribution in [0.3, 0.4) is 0 Å². The molecule has 2 aromatic carbocycles. The standard InChI is InChI=1S/C29H33F3N2O4/c1-7-36-27(35)28(3,4)38-26-15-13-23(16-19(26)2)37-18-21-10-14-24(33-25(21)17-34(5)6)20-8-11-22(12-9-20)29(30,31)32/h8-16H,7,17-18H2,1-6H3. The number of pyridine rings is 1. The van der Waals surface area contributed by atoms with E-state index in [1.165, 1.54) is 12.1 Å². The van der Waals surface area contributed by atoms with Crippen LogP contribution in [-0.4, -0.2) is 42.2 Å². The molecule has 6 nitrogen and oxygen atoms in total. The number of nitrogens with zero attached hydrogens (tertiary/aromatic N) is 2. The summed E-state index contributed by atoms with van der Waals surface area (Å²) in [6.45, 7) is 7.96. The zero-order valence-electron chi connectivity index (χ0n) is 22.5. The number of ether oxygens (including phenoxy) is 3. The van der Waals surface area contributed by atoms with Gasteiger partial charge >= 0.3 is 12.1 Å². The van der Waals surface area contributed by atoms with E-state index < -0.39 is 23.3 Å². The minimum Gasteiger partial charge on any atom is -0.489 e. The minimum absolute atomic E-state index is 0.247. The fraction of sp³-hybridized carbons (Fsp3) is 0.379. The molecule has 0 atom stereocenters. The van der Waals surface area contributed by atoms with E-state index in [1.54, 1.807) is 39.0 Å². The lowest BCUT2D eigenvalue weighted by atomic mass is 10.1. The third-order valence-electron chi connectivity index (χ3n) is 5.72. The van der Waals surface area contributed by atoms with Gasteiger partial charge < -0.3 is 19.1 Å². The maximum atomic E-state index is 12.9. The van der Waals surface area contributed by atoms with Crippen LogP contribution in [0, 0.1) is 6.92 Å². The molecule has 0 aliphatic carbocycles. The molecule has 0 bridgehead atoms. The van der Waals surface area contributed by atoms with Crippen LogP contribution in [0.5, 0.6) is 11.5 Å². The summed E-state index contributed by atoms with van der Waals surface area (Å²) in [6, 6.07) is 14.0. The van der Waals surface area contributed by atoms with Crippen molar-refractivity contribution in [3.8, 4) is 22.8 Å². The van der Waals surface area contributed by atoms with Crippen LogP contribution < -0.4 is 9.47 Å². The van der Waals surface area contributed by atoms with Gasteiger partial charge in [0.15, 0.2) is 5.60 Å². The Morgan fingerprint density at radius 1 is 1.00 bits per heavy atom. The molecule has 204 valence electrons. The van der Waals surface area contributed by atoms with E-state index in [0.29, 0.717) is 29.3 Å². The van der Waals surface area contributed by atoms with Gasteiger partial charge in [-0.15, -0.1) is 0 Å². The fourth-order valence-corrected chi connectivity index (χ4v) is 3.70. The van der Waals surface area contributed by atoms with Gasteiger partial charge in [-0.3, -0.25) is 4.98 Å². The van der Waals surface area contributed by atoms with Gasteiger partial charge in [0.05, 0.1) is 23.6 Å². The molecule has 1 heterocycles. The Morgan fingerprint density at radius 2 is 1.68 bits per heavy atom. The van der Waals surface area contributed by atoms with Gasteiger partial charge in [0.1, 0.15) is 18.1 Å². The number of rotatable bonds is 10. The summed E-state index contributed by atoms with van der Waals surface area (Å²) in [5.74, 6) is 0.720. The second kappa shape index (κ2) is 11.9. The van der Waals surface area contributed by atoms with E-state index in [-0.39, 0.29) is 13.2 Å². The topological polar surface area (TPSA) is 60.9 Å². The van der Waals surface area contributed by atoms with E-state index in [9.17, 15) is 18.0 Å². The molecule has 3 rings (SSSR count). The van der Waals surface area contributed by atoms with Crippen molar-refractivity contribution in [2.75, 3.05) is 20.7 Å². The van der Waals surface area contributed by atoms with E-state index >= 15 is 0 Å². The number of hydrogen-bond donors (Lipinski definition) is 0. The fourth-order valence-electron chi connectivity index (χ4n) is 3.70. The SMILES string of the molecule is CCOC(=O)C(C)(C)Oc1ccc(OCc2ccc(-c3ccc(C(F)(F)F)cc3)nc2CN(C)C)cc1C. The lowest BCUT2D eigenvalue weighted by molar-refractivity contribution is -0.158. The molecule has 0 unspecified atom stereocenters. The average molecular weight is 531 g/mol. The Bertz CT molecular complexity index is 1260. The van der Waals surface area contributed by atoms with Crippen molar-refractivity contribution < 1.29 is 32.2 Å². The summed E-state index contributed by atoms with van der Waals surface area (Å²) < 4.78 is 55.8. The Labute approximate surface area is 221 Å². The number of hydrogen-bond acceptors (Lipinski definition) is 6. The lowest BCUT2D eigenvalue weighted by Gasteiger charge is -2.25. The molecule has 0 spiro atoms. The third kappa shape index (κ3) is 7.47. The molecule has 0 fully saturated rings. The normalized spacial score (nSPS) is 11.9. The van der Waals surface area contributed by atoms with Gasteiger partial charge in [-0.25, -0.2) is 4.79 Å². The highest BCUT2D eigenvalue weighted by molar-refractivity contribution is 5.79. The molecule has 38 heavy (non-hydrogen) atoms. The number of aryl methyl sites for hydroxylation is 1. The Hall–Kier alpha value is -3.59. The molecular formula is C29H33F3N2O4. The van der Waals surface area contributed by atoms with Gasteiger partial charge in [-0.05, 0) is 83.8 Å². The van der Waals surface area contributed by atoms with Crippen LogP contribution in [0.15, 0.2) is 54.6 Å². The summed E-state index contributed by atoms with van der Waals surface area (Å²) in [6.07, 6.45) is -4.39. The van der Waals surface area contributed by atoms with Gasteiger partial charge in [-0.2, -0.15) is 13.2 Å². The van der Waals surface area contributed by atoms with Gasteiger partial charge in [0.25, 0.3) is 0 Å². The number of carbonyl (C=O) groups is 1. The zero-order chi connectivity index (χ0) is 28.1. The highest BCUT2D eigenvalue weighted by Crippen LogP contribution is 2.31. The molecule has 3 aromatic rings. The lowest BCUT2D eigenvalue weighted by Crippen LogP contribution is -2.39. The first kappa shape index (κ1) is 29.0. The zero-order valence-corrected chi connectivity index (χ0v) is 22.5. The van der Waals surface area contributed by atoms with Crippen LogP contribution >= 0.6 is 0 Å². The second-order valence-electron chi connectivity index (χ2n) is 9.66. The van der Waals surface area contributed by atoms with Crippen LogP contribution in [0.2, 0.25) is 0 Å². The molecule has 9 heteroatoms. The predicted molar refractivity (Wildman–Crippen MR) is 139 cm³/mol. The molecule has 0 amide bonds. The summed E-state index contributed by atoms with van der Waals surface area (Å²) >= 11 is 0. The average Bonchev–Trinajstić information content (AvgIpc) is 2.84. The molecule has 0 saturated carbocycles. The van der Waals surface area contributed by atoms with Crippen LogP contribution in [0.1, 0.15) is 43.2 Å². The number of esters is 1. The first-order valence-corrected chi connectivity index (χ1v) is 12.2. The molecular weight excluding hydrogens is 497 g/mol. The summed E-state index contributed by atoms with van der Waals surface area (Å²) in [4.78, 5) is 18.8.